The maximum absolute atomic E-state index is 12.9. The van der Waals surface area contributed by atoms with E-state index in [0.717, 1.165) is 70.7 Å². The van der Waals surface area contributed by atoms with Gasteiger partial charge in [-0.2, -0.15) is 0 Å². The number of likely N-dealkylation sites (tertiary alicyclic amines) is 1. The Morgan fingerprint density at radius 1 is 0.957 bits per heavy atom. The molecule has 1 spiro atoms. The van der Waals surface area contributed by atoms with Gasteiger partial charge in [-0.05, 0) is 63.5 Å². The molecule has 3 aliphatic heterocycles. The summed E-state index contributed by atoms with van der Waals surface area (Å²) in [6.07, 6.45) is 9.28. The van der Waals surface area contributed by atoms with Crippen molar-refractivity contribution in [3.8, 4) is 0 Å². The predicted molar refractivity (Wildman–Crippen MR) is 87.3 cm³/mol. The fraction of sp³-hybridized carbons (Fsp3) is 0.824. The van der Waals surface area contributed by atoms with Crippen LogP contribution in [0.25, 0.3) is 0 Å². The summed E-state index contributed by atoms with van der Waals surface area (Å²) >= 11 is 0. The molecule has 1 N–H and O–H groups in total. The van der Waals surface area contributed by atoms with E-state index in [1.54, 1.807) is 0 Å². The first-order valence-corrected chi connectivity index (χ1v) is 9.20. The molecule has 0 saturated carbocycles. The average molecular weight is 317 g/mol. The van der Waals surface area contributed by atoms with Crippen LogP contribution in [-0.4, -0.2) is 51.8 Å². The number of carbonyl (C=O) groups excluding carboxylic acids is 1. The highest BCUT2D eigenvalue weighted by Gasteiger charge is 2.35. The molecule has 2 fully saturated rings. The number of carbonyl (C=O) groups is 1. The van der Waals surface area contributed by atoms with Crippen molar-refractivity contribution in [1.29, 1.82) is 0 Å². The smallest absolute Gasteiger partial charge is 0.291 e. The molecule has 23 heavy (non-hydrogen) atoms. The van der Waals surface area contributed by atoms with Crippen LogP contribution in [-0.2, 0) is 13.0 Å². The van der Waals surface area contributed by atoms with Crippen molar-refractivity contribution in [2.45, 2.75) is 57.9 Å². The molecule has 0 bridgehead atoms. The van der Waals surface area contributed by atoms with Crippen LogP contribution in [0.5, 0.6) is 0 Å². The standard InChI is InChI=1S/C17H27N5O/c23-16(15-20-19-14-4-1-2-12-22(14)15)21-11-3-5-17(8-13-21)6-9-18-10-7-17/h18H,1-13H2. The Labute approximate surface area is 137 Å². The van der Waals surface area contributed by atoms with E-state index < -0.39 is 0 Å². The minimum absolute atomic E-state index is 0.0941. The van der Waals surface area contributed by atoms with E-state index in [1.165, 1.54) is 19.3 Å². The third kappa shape index (κ3) is 2.89. The Balaban J connectivity index is 1.48. The van der Waals surface area contributed by atoms with E-state index in [1.807, 2.05) is 4.90 Å². The Morgan fingerprint density at radius 3 is 2.70 bits per heavy atom. The number of amides is 1. The van der Waals surface area contributed by atoms with Crippen molar-refractivity contribution in [3.05, 3.63) is 11.6 Å². The highest BCUT2D eigenvalue weighted by molar-refractivity contribution is 5.90. The van der Waals surface area contributed by atoms with E-state index in [9.17, 15) is 4.79 Å². The molecule has 6 heteroatoms. The van der Waals surface area contributed by atoms with Gasteiger partial charge in [0.25, 0.3) is 5.91 Å². The highest BCUT2D eigenvalue weighted by Crippen LogP contribution is 2.39. The van der Waals surface area contributed by atoms with Gasteiger partial charge in [0.15, 0.2) is 0 Å². The van der Waals surface area contributed by atoms with Gasteiger partial charge in [-0.3, -0.25) is 4.79 Å². The number of rotatable bonds is 1. The van der Waals surface area contributed by atoms with Gasteiger partial charge in [0, 0.05) is 26.1 Å². The van der Waals surface area contributed by atoms with Gasteiger partial charge in [-0.1, -0.05) is 0 Å². The lowest BCUT2D eigenvalue weighted by Crippen LogP contribution is -2.38. The normalized spacial score (nSPS) is 24.3. The molecule has 4 heterocycles. The Hall–Kier alpha value is -1.43. The van der Waals surface area contributed by atoms with Gasteiger partial charge in [0.2, 0.25) is 5.82 Å². The van der Waals surface area contributed by atoms with Gasteiger partial charge < -0.3 is 14.8 Å². The molecule has 0 aromatic carbocycles. The van der Waals surface area contributed by atoms with Crippen molar-refractivity contribution in [2.75, 3.05) is 26.2 Å². The summed E-state index contributed by atoms with van der Waals surface area (Å²) in [6.45, 7) is 4.90. The molecule has 0 radical (unpaired) electrons. The lowest BCUT2D eigenvalue weighted by Gasteiger charge is -2.37. The fourth-order valence-electron chi connectivity index (χ4n) is 4.52. The second-order valence-corrected chi connectivity index (χ2v) is 7.44. The topological polar surface area (TPSA) is 63.1 Å². The van der Waals surface area contributed by atoms with E-state index in [-0.39, 0.29) is 5.91 Å². The molecule has 1 aromatic heterocycles. The van der Waals surface area contributed by atoms with Gasteiger partial charge in [0.05, 0.1) is 0 Å². The van der Waals surface area contributed by atoms with Crippen molar-refractivity contribution >= 4 is 5.91 Å². The second-order valence-electron chi connectivity index (χ2n) is 7.44. The van der Waals surface area contributed by atoms with Gasteiger partial charge in [0.1, 0.15) is 5.82 Å². The molecular weight excluding hydrogens is 290 g/mol. The number of aryl methyl sites for hydroxylation is 1. The summed E-state index contributed by atoms with van der Waals surface area (Å²) in [7, 11) is 0. The van der Waals surface area contributed by atoms with Crippen LogP contribution in [0, 0.1) is 5.41 Å². The molecule has 0 aliphatic carbocycles. The van der Waals surface area contributed by atoms with Crippen LogP contribution in [0.15, 0.2) is 0 Å². The lowest BCUT2D eigenvalue weighted by atomic mass is 9.73. The molecule has 1 aromatic rings. The third-order valence-electron chi connectivity index (χ3n) is 6.05. The maximum Gasteiger partial charge on any atom is 0.291 e. The quantitative estimate of drug-likeness (QED) is 0.855. The van der Waals surface area contributed by atoms with Crippen LogP contribution in [0.3, 0.4) is 0 Å². The van der Waals surface area contributed by atoms with E-state index in [4.69, 9.17) is 0 Å². The zero-order valence-corrected chi connectivity index (χ0v) is 13.9. The zero-order chi connectivity index (χ0) is 15.7. The van der Waals surface area contributed by atoms with Crippen LogP contribution in [0.2, 0.25) is 0 Å². The SMILES string of the molecule is O=C(c1nnc2n1CCCC2)N1CCCC2(CCNCC2)CC1. The Morgan fingerprint density at radius 2 is 1.83 bits per heavy atom. The molecule has 3 aliphatic rings. The van der Waals surface area contributed by atoms with Crippen molar-refractivity contribution in [1.82, 2.24) is 25.0 Å². The largest absolute Gasteiger partial charge is 0.336 e. The zero-order valence-electron chi connectivity index (χ0n) is 13.9. The highest BCUT2D eigenvalue weighted by atomic mass is 16.2. The predicted octanol–water partition coefficient (Wildman–Crippen LogP) is 1.61. The first kappa shape index (κ1) is 15.1. The Bertz CT molecular complexity index is 576. The summed E-state index contributed by atoms with van der Waals surface area (Å²) < 4.78 is 2.05. The van der Waals surface area contributed by atoms with E-state index in [2.05, 4.69) is 20.1 Å². The molecule has 126 valence electrons. The maximum atomic E-state index is 12.9. The average Bonchev–Trinajstić information content (AvgIpc) is 2.92. The fourth-order valence-corrected chi connectivity index (χ4v) is 4.52. The second kappa shape index (κ2) is 6.23. The lowest BCUT2D eigenvalue weighted by molar-refractivity contribution is 0.0731. The number of hydrogen-bond donors (Lipinski definition) is 1. The molecule has 4 rings (SSSR count). The monoisotopic (exact) mass is 317 g/mol. The number of nitrogens with one attached hydrogen (secondary N) is 1. The first-order chi connectivity index (χ1) is 11.3. The van der Waals surface area contributed by atoms with Crippen molar-refractivity contribution in [3.63, 3.8) is 0 Å². The van der Waals surface area contributed by atoms with Crippen molar-refractivity contribution in [2.24, 2.45) is 5.41 Å². The summed E-state index contributed by atoms with van der Waals surface area (Å²) in [5.74, 6) is 1.65. The molecule has 6 nitrogen and oxygen atoms in total. The summed E-state index contributed by atoms with van der Waals surface area (Å²) in [5.41, 5.74) is 0.463. The number of aromatic nitrogens is 3. The first-order valence-electron chi connectivity index (χ1n) is 9.20. The molecule has 0 unspecified atom stereocenters. The minimum atomic E-state index is 0.0941. The van der Waals surface area contributed by atoms with E-state index >= 15 is 0 Å². The van der Waals surface area contributed by atoms with Gasteiger partial charge in [-0.25, -0.2) is 0 Å². The molecule has 2 saturated heterocycles. The third-order valence-corrected chi connectivity index (χ3v) is 6.05. The number of piperidine rings is 1. The summed E-state index contributed by atoms with van der Waals surface area (Å²) in [4.78, 5) is 15.0. The summed E-state index contributed by atoms with van der Waals surface area (Å²) in [6, 6.07) is 0. The van der Waals surface area contributed by atoms with E-state index in [0.29, 0.717) is 11.2 Å². The number of nitrogens with zero attached hydrogens (tertiary/aromatic N) is 4. The van der Waals surface area contributed by atoms with Crippen LogP contribution in [0.1, 0.15) is 61.4 Å². The van der Waals surface area contributed by atoms with Crippen LogP contribution >= 0.6 is 0 Å². The van der Waals surface area contributed by atoms with Crippen molar-refractivity contribution < 1.29 is 4.79 Å². The van der Waals surface area contributed by atoms with Crippen LogP contribution in [0.4, 0.5) is 0 Å². The molecule has 1 amide bonds. The van der Waals surface area contributed by atoms with Crippen LogP contribution < -0.4 is 5.32 Å². The number of fused-ring (bicyclic) bond motifs is 1. The summed E-state index contributed by atoms with van der Waals surface area (Å²) in [5, 5.41) is 11.9. The minimum Gasteiger partial charge on any atom is -0.336 e. The van der Waals surface area contributed by atoms with Gasteiger partial charge in [-0.15, -0.1) is 10.2 Å². The molecule has 0 atom stereocenters. The van der Waals surface area contributed by atoms with Gasteiger partial charge >= 0.3 is 0 Å². The number of hydrogen-bond acceptors (Lipinski definition) is 4. The molecular formula is C17H27N5O. The Kier molecular flexibility index (Phi) is 4.09.